The SMILES string of the molecule is CCOC(=O)[C@@]1(CN)[C@@H](c2ccc(Br)cc2)[C@@H]1S(=O)(=O)c1ccc(C)cc1. The summed E-state index contributed by atoms with van der Waals surface area (Å²) in [5.41, 5.74) is 6.43. The molecule has 1 saturated carbocycles. The van der Waals surface area contributed by atoms with Gasteiger partial charge in [0.1, 0.15) is 5.41 Å². The molecule has 5 nitrogen and oxygen atoms in total. The Labute approximate surface area is 168 Å². The van der Waals surface area contributed by atoms with Crippen LogP contribution in [0.2, 0.25) is 0 Å². The molecule has 0 unspecified atom stereocenters. The fraction of sp³-hybridized carbons (Fsp3) is 0.350. The van der Waals surface area contributed by atoms with E-state index in [0.717, 1.165) is 15.6 Å². The number of halogens is 1. The topological polar surface area (TPSA) is 86.5 Å². The first kappa shape index (κ1) is 20.0. The predicted octanol–water partition coefficient (Wildman–Crippen LogP) is 3.21. The Morgan fingerprint density at radius 3 is 2.26 bits per heavy atom. The number of carbonyl (C=O) groups is 1. The molecule has 1 aliphatic rings. The first-order valence-electron chi connectivity index (χ1n) is 8.72. The zero-order valence-electron chi connectivity index (χ0n) is 15.2. The molecule has 2 N–H and O–H groups in total. The smallest absolute Gasteiger partial charge is 0.315 e. The molecule has 27 heavy (non-hydrogen) atoms. The van der Waals surface area contributed by atoms with Crippen molar-refractivity contribution in [1.82, 2.24) is 0 Å². The first-order valence-corrected chi connectivity index (χ1v) is 11.1. The highest BCUT2D eigenvalue weighted by Gasteiger charge is 2.75. The van der Waals surface area contributed by atoms with Crippen LogP contribution in [-0.4, -0.2) is 32.8 Å². The van der Waals surface area contributed by atoms with Crippen LogP contribution in [0.5, 0.6) is 0 Å². The lowest BCUT2D eigenvalue weighted by atomic mass is 9.99. The molecule has 3 rings (SSSR count). The average molecular weight is 452 g/mol. The van der Waals surface area contributed by atoms with E-state index >= 15 is 0 Å². The zero-order chi connectivity index (χ0) is 19.8. The lowest BCUT2D eigenvalue weighted by molar-refractivity contribution is -0.149. The second-order valence-corrected chi connectivity index (χ2v) is 9.76. The molecule has 1 aliphatic carbocycles. The number of rotatable bonds is 6. The van der Waals surface area contributed by atoms with Gasteiger partial charge >= 0.3 is 5.97 Å². The Balaban J connectivity index is 2.10. The summed E-state index contributed by atoms with van der Waals surface area (Å²) in [4.78, 5) is 13.0. The second kappa shape index (κ2) is 7.37. The molecule has 0 saturated heterocycles. The van der Waals surface area contributed by atoms with Crippen molar-refractivity contribution in [3.05, 3.63) is 64.1 Å². The molecule has 0 heterocycles. The third-order valence-electron chi connectivity index (χ3n) is 5.16. The van der Waals surface area contributed by atoms with Crippen LogP contribution in [-0.2, 0) is 19.4 Å². The standard InChI is InChI=1S/C20H22BrNO4S/c1-3-26-19(23)20(12-22)17(14-6-8-15(21)9-7-14)18(20)27(24,25)16-10-4-13(2)5-11-16/h4-11,17-18H,3,12,22H2,1-2H3/t17-,18-,20-/m0/s1. The lowest BCUT2D eigenvalue weighted by Crippen LogP contribution is -2.33. The summed E-state index contributed by atoms with van der Waals surface area (Å²) in [7, 11) is -3.77. The monoisotopic (exact) mass is 451 g/mol. The van der Waals surface area contributed by atoms with E-state index in [-0.39, 0.29) is 18.0 Å². The largest absolute Gasteiger partial charge is 0.465 e. The molecule has 0 bridgehead atoms. The van der Waals surface area contributed by atoms with E-state index in [1.165, 1.54) is 0 Å². The average Bonchev–Trinajstić information content (AvgIpc) is 3.34. The van der Waals surface area contributed by atoms with Gasteiger partial charge in [0.15, 0.2) is 9.84 Å². The van der Waals surface area contributed by atoms with Gasteiger partial charge < -0.3 is 10.5 Å². The van der Waals surface area contributed by atoms with Gasteiger partial charge in [0.25, 0.3) is 0 Å². The summed E-state index contributed by atoms with van der Waals surface area (Å²) in [6, 6.07) is 14.0. The third-order valence-corrected chi connectivity index (χ3v) is 7.98. The lowest BCUT2D eigenvalue weighted by Gasteiger charge is -2.14. The molecular weight excluding hydrogens is 430 g/mol. The summed E-state index contributed by atoms with van der Waals surface area (Å²) >= 11 is 3.38. The van der Waals surface area contributed by atoms with Crippen LogP contribution >= 0.6 is 15.9 Å². The van der Waals surface area contributed by atoms with Gasteiger partial charge in [-0.2, -0.15) is 0 Å². The van der Waals surface area contributed by atoms with Crippen molar-refractivity contribution in [2.75, 3.05) is 13.2 Å². The fourth-order valence-electron chi connectivity index (χ4n) is 3.71. The molecule has 3 atom stereocenters. The molecule has 0 spiro atoms. The summed E-state index contributed by atoms with van der Waals surface area (Å²) in [6.07, 6.45) is 0. The van der Waals surface area contributed by atoms with Gasteiger partial charge in [0.2, 0.25) is 0 Å². The quantitative estimate of drug-likeness (QED) is 0.681. The van der Waals surface area contributed by atoms with Gasteiger partial charge in [-0.1, -0.05) is 45.8 Å². The molecule has 1 fully saturated rings. The zero-order valence-corrected chi connectivity index (χ0v) is 17.6. The van der Waals surface area contributed by atoms with E-state index in [2.05, 4.69) is 15.9 Å². The van der Waals surface area contributed by atoms with Gasteiger partial charge in [0.05, 0.1) is 16.8 Å². The summed E-state index contributed by atoms with van der Waals surface area (Å²) in [5.74, 6) is -1.10. The maximum absolute atomic E-state index is 13.4. The first-order chi connectivity index (χ1) is 12.8. The minimum Gasteiger partial charge on any atom is -0.465 e. The van der Waals surface area contributed by atoms with Gasteiger partial charge in [0, 0.05) is 16.9 Å². The van der Waals surface area contributed by atoms with Crippen molar-refractivity contribution >= 4 is 31.7 Å². The fourth-order valence-corrected chi connectivity index (χ4v) is 6.36. The Morgan fingerprint density at radius 1 is 1.15 bits per heavy atom. The minimum atomic E-state index is -3.77. The second-order valence-electron chi connectivity index (χ2n) is 6.77. The predicted molar refractivity (Wildman–Crippen MR) is 107 cm³/mol. The van der Waals surface area contributed by atoms with E-state index < -0.39 is 32.4 Å². The highest BCUT2D eigenvalue weighted by Crippen LogP contribution is 2.64. The number of hydrogen-bond acceptors (Lipinski definition) is 5. The molecule has 0 aromatic heterocycles. The van der Waals surface area contributed by atoms with Crippen LogP contribution in [0.3, 0.4) is 0 Å². The Hall–Kier alpha value is -1.70. The number of sulfone groups is 1. The van der Waals surface area contributed by atoms with Crippen LogP contribution in [0.1, 0.15) is 24.0 Å². The molecule has 0 aliphatic heterocycles. The number of nitrogens with two attached hydrogens (primary N) is 1. The van der Waals surface area contributed by atoms with Crippen molar-refractivity contribution in [1.29, 1.82) is 0 Å². The van der Waals surface area contributed by atoms with Crippen LogP contribution in [0.4, 0.5) is 0 Å². The van der Waals surface area contributed by atoms with Crippen LogP contribution in [0, 0.1) is 12.3 Å². The number of esters is 1. The summed E-state index contributed by atoms with van der Waals surface area (Å²) in [6.45, 7) is 3.66. The molecule has 2 aromatic carbocycles. The van der Waals surface area contributed by atoms with Gasteiger partial charge in [-0.05, 0) is 43.7 Å². The summed E-state index contributed by atoms with van der Waals surface area (Å²) in [5, 5.41) is -0.946. The number of ether oxygens (including phenoxy) is 1. The number of carbonyl (C=O) groups excluding carboxylic acids is 1. The van der Waals surface area contributed by atoms with E-state index in [4.69, 9.17) is 10.5 Å². The molecule has 0 amide bonds. The van der Waals surface area contributed by atoms with Crippen molar-refractivity contribution in [3.63, 3.8) is 0 Å². The van der Waals surface area contributed by atoms with Crippen LogP contribution in [0.25, 0.3) is 0 Å². The van der Waals surface area contributed by atoms with Gasteiger partial charge in [-0.3, -0.25) is 4.79 Å². The molecular formula is C20H22BrNO4S. The van der Waals surface area contributed by atoms with Gasteiger partial charge in [-0.15, -0.1) is 0 Å². The van der Waals surface area contributed by atoms with Crippen molar-refractivity contribution in [2.24, 2.45) is 11.1 Å². The van der Waals surface area contributed by atoms with E-state index in [9.17, 15) is 13.2 Å². The normalized spacial score (nSPS) is 24.4. The van der Waals surface area contributed by atoms with E-state index in [0.29, 0.717) is 0 Å². The summed E-state index contributed by atoms with van der Waals surface area (Å²) < 4.78 is 32.8. The molecule has 2 aromatic rings. The highest BCUT2D eigenvalue weighted by atomic mass is 79.9. The van der Waals surface area contributed by atoms with Crippen LogP contribution < -0.4 is 5.73 Å². The number of aryl methyl sites for hydroxylation is 1. The van der Waals surface area contributed by atoms with Crippen LogP contribution in [0.15, 0.2) is 57.9 Å². The van der Waals surface area contributed by atoms with Crippen molar-refractivity contribution < 1.29 is 17.9 Å². The Bertz CT molecular complexity index is 941. The number of benzene rings is 2. The number of hydrogen-bond donors (Lipinski definition) is 1. The highest BCUT2D eigenvalue weighted by molar-refractivity contribution is 9.10. The maximum atomic E-state index is 13.4. The molecule has 0 radical (unpaired) electrons. The molecule has 144 valence electrons. The van der Waals surface area contributed by atoms with Gasteiger partial charge in [-0.25, -0.2) is 8.42 Å². The third kappa shape index (κ3) is 3.32. The van der Waals surface area contributed by atoms with E-state index in [1.54, 1.807) is 31.2 Å². The Morgan fingerprint density at radius 2 is 1.74 bits per heavy atom. The molecule has 7 heteroatoms. The van der Waals surface area contributed by atoms with Crippen molar-refractivity contribution in [3.8, 4) is 0 Å². The Kier molecular flexibility index (Phi) is 5.47. The maximum Gasteiger partial charge on any atom is 0.315 e. The van der Waals surface area contributed by atoms with Crippen molar-refractivity contribution in [2.45, 2.75) is 29.9 Å². The minimum absolute atomic E-state index is 0.0949. The van der Waals surface area contributed by atoms with E-state index in [1.807, 2.05) is 31.2 Å².